The number of hydrogen-bond acceptors (Lipinski definition) is 3. The summed E-state index contributed by atoms with van der Waals surface area (Å²) in [5, 5.41) is 12.1. The average Bonchev–Trinajstić information content (AvgIpc) is 3.29. The summed E-state index contributed by atoms with van der Waals surface area (Å²) in [4.78, 5) is 25.8. The molecule has 0 saturated carbocycles. The van der Waals surface area contributed by atoms with Gasteiger partial charge in [-0.3, -0.25) is 14.8 Å². The van der Waals surface area contributed by atoms with Crippen molar-refractivity contribution >= 4 is 44.8 Å². The highest BCUT2D eigenvalue weighted by Crippen LogP contribution is 2.40. The summed E-state index contributed by atoms with van der Waals surface area (Å²) in [6, 6.07) is 15.4. The van der Waals surface area contributed by atoms with Crippen LogP contribution in [0, 0.1) is 0 Å². The summed E-state index contributed by atoms with van der Waals surface area (Å²) < 4.78 is 3.83. The summed E-state index contributed by atoms with van der Waals surface area (Å²) >= 11 is 0. The first kappa shape index (κ1) is 16.5. The van der Waals surface area contributed by atoms with Crippen LogP contribution >= 0.6 is 0 Å². The maximum absolute atomic E-state index is 12.9. The van der Waals surface area contributed by atoms with Crippen LogP contribution in [0.5, 0.6) is 0 Å². The average molecular weight is 371 g/mol. The first-order valence-electron chi connectivity index (χ1n) is 8.90. The van der Waals surface area contributed by atoms with Crippen LogP contribution in [0.25, 0.3) is 33.0 Å². The molecule has 0 unspecified atom stereocenters. The van der Waals surface area contributed by atoms with Gasteiger partial charge in [0.1, 0.15) is 0 Å². The lowest BCUT2D eigenvalue weighted by Gasteiger charge is -2.03. The molecule has 2 amide bonds. The fourth-order valence-electron chi connectivity index (χ4n) is 4.10. The van der Waals surface area contributed by atoms with Crippen molar-refractivity contribution in [1.82, 2.24) is 14.2 Å². The van der Waals surface area contributed by atoms with Crippen molar-refractivity contribution in [3.8, 4) is 0 Å². The molecule has 4 aromatic rings. The minimum absolute atomic E-state index is 0.216. The van der Waals surface area contributed by atoms with Gasteiger partial charge in [0.2, 0.25) is 0 Å². The van der Waals surface area contributed by atoms with Crippen molar-refractivity contribution in [3.05, 3.63) is 72.1 Å². The van der Waals surface area contributed by atoms with Crippen LogP contribution in [-0.2, 0) is 23.7 Å². The largest absolute Gasteiger partial charge is 0.350 e. The van der Waals surface area contributed by atoms with Gasteiger partial charge in [0.05, 0.1) is 11.1 Å². The van der Waals surface area contributed by atoms with Crippen LogP contribution in [0.2, 0.25) is 0 Å². The Hall–Kier alpha value is -3.64. The molecule has 0 radical (unpaired) electrons. The van der Waals surface area contributed by atoms with E-state index >= 15 is 0 Å². The Balaban J connectivity index is 1.90. The van der Waals surface area contributed by atoms with Crippen molar-refractivity contribution in [1.29, 1.82) is 0 Å². The second kappa shape index (κ2) is 5.68. The fraction of sp³-hybridized carbons (Fsp3) is 0.0909. The molecule has 6 heteroatoms. The van der Waals surface area contributed by atoms with Crippen molar-refractivity contribution in [2.45, 2.75) is 0 Å². The Kier molecular flexibility index (Phi) is 3.35. The molecule has 2 aromatic heterocycles. The lowest BCUT2D eigenvalue weighted by molar-refractivity contribution is -0.168. The normalized spacial score (nSPS) is 14.9. The minimum Gasteiger partial charge on any atom is -0.350 e. The Labute approximate surface area is 160 Å². The predicted octanol–water partition coefficient (Wildman–Crippen LogP) is 3.34. The number of aryl methyl sites for hydroxylation is 2. The molecule has 6 nitrogen and oxygen atoms in total. The van der Waals surface area contributed by atoms with E-state index in [9.17, 15) is 14.8 Å². The number of amides is 2. The van der Waals surface area contributed by atoms with E-state index in [0.717, 1.165) is 21.8 Å². The number of hydrogen-bond donors (Lipinski definition) is 1. The molecule has 3 heterocycles. The van der Waals surface area contributed by atoms with Crippen molar-refractivity contribution in [2.24, 2.45) is 14.1 Å². The highest BCUT2D eigenvalue weighted by molar-refractivity contribution is 6.50. The molecule has 0 fully saturated rings. The molecule has 138 valence electrons. The Morgan fingerprint density at radius 1 is 0.679 bits per heavy atom. The minimum atomic E-state index is -0.704. The number of aromatic nitrogens is 2. The van der Waals surface area contributed by atoms with Gasteiger partial charge in [-0.05, 0) is 12.1 Å². The molecule has 0 aliphatic carbocycles. The van der Waals surface area contributed by atoms with E-state index in [1.165, 1.54) is 0 Å². The second-order valence-corrected chi connectivity index (χ2v) is 7.01. The van der Waals surface area contributed by atoms with E-state index < -0.39 is 11.8 Å². The van der Waals surface area contributed by atoms with Crippen molar-refractivity contribution in [2.75, 3.05) is 0 Å². The van der Waals surface area contributed by atoms with Gasteiger partial charge in [-0.2, -0.15) is 0 Å². The van der Waals surface area contributed by atoms with Crippen LogP contribution in [0.15, 0.2) is 60.9 Å². The molecule has 1 aliphatic rings. The summed E-state index contributed by atoms with van der Waals surface area (Å²) in [6.07, 6.45) is 3.66. The number of benzene rings is 2. The molecular formula is C22H17N3O3. The SMILES string of the molecule is Cn1cc(C2=C(c3cn(C)c4ccccc34)C(=O)N(O)C2=O)c2ccccc21. The summed E-state index contributed by atoms with van der Waals surface area (Å²) in [7, 11) is 3.78. The van der Waals surface area contributed by atoms with Gasteiger partial charge in [0, 0.05) is 59.4 Å². The molecule has 0 atom stereocenters. The van der Waals surface area contributed by atoms with Gasteiger partial charge in [-0.15, -0.1) is 5.06 Å². The standard InChI is InChI=1S/C22H17N3O3/c1-23-11-15(13-7-3-5-9-17(13)23)19-20(22(27)25(28)21(19)26)16-12-24(2)18-10-6-4-8-14(16)18/h3-12,28H,1-2H3. The molecule has 28 heavy (non-hydrogen) atoms. The Morgan fingerprint density at radius 3 is 1.50 bits per heavy atom. The smallest absolute Gasteiger partial charge is 0.286 e. The Morgan fingerprint density at radius 2 is 1.07 bits per heavy atom. The number of rotatable bonds is 2. The quantitative estimate of drug-likeness (QED) is 0.434. The molecule has 0 saturated heterocycles. The van der Waals surface area contributed by atoms with Gasteiger partial charge in [0.25, 0.3) is 11.8 Å². The molecule has 1 aliphatic heterocycles. The highest BCUT2D eigenvalue weighted by Gasteiger charge is 2.41. The number of carbonyl (C=O) groups excluding carboxylic acids is 2. The molecular weight excluding hydrogens is 354 g/mol. The maximum Gasteiger partial charge on any atom is 0.286 e. The molecule has 2 aromatic carbocycles. The number of nitrogens with zero attached hydrogens (tertiary/aromatic N) is 3. The fourth-order valence-corrected chi connectivity index (χ4v) is 4.10. The molecule has 0 spiro atoms. The van der Waals surface area contributed by atoms with Gasteiger partial charge < -0.3 is 9.13 Å². The van der Waals surface area contributed by atoms with Gasteiger partial charge in [0.15, 0.2) is 0 Å². The van der Waals surface area contributed by atoms with Crippen LogP contribution < -0.4 is 0 Å². The van der Waals surface area contributed by atoms with Gasteiger partial charge in [-0.1, -0.05) is 36.4 Å². The topological polar surface area (TPSA) is 67.5 Å². The first-order chi connectivity index (χ1) is 13.5. The van der Waals surface area contributed by atoms with E-state index in [1.54, 1.807) is 0 Å². The van der Waals surface area contributed by atoms with Crippen LogP contribution in [0.3, 0.4) is 0 Å². The van der Waals surface area contributed by atoms with Crippen LogP contribution in [0.4, 0.5) is 0 Å². The van der Waals surface area contributed by atoms with Crippen LogP contribution in [0.1, 0.15) is 11.1 Å². The monoisotopic (exact) mass is 371 g/mol. The highest BCUT2D eigenvalue weighted by atomic mass is 16.5. The molecule has 0 bridgehead atoms. The number of fused-ring (bicyclic) bond motifs is 2. The lowest BCUT2D eigenvalue weighted by atomic mass is 9.95. The van der Waals surface area contributed by atoms with Gasteiger partial charge >= 0.3 is 0 Å². The lowest BCUT2D eigenvalue weighted by Crippen LogP contribution is -2.27. The third-order valence-electron chi connectivity index (χ3n) is 5.40. The zero-order valence-corrected chi connectivity index (χ0v) is 15.4. The molecule has 1 N–H and O–H groups in total. The van der Waals surface area contributed by atoms with Gasteiger partial charge in [-0.25, -0.2) is 0 Å². The van der Waals surface area contributed by atoms with E-state index in [4.69, 9.17) is 0 Å². The summed E-state index contributed by atoms with van der Waals surface area (Å²) in [5.74, 6) is -1.41. The van der Waals surface area contributed by atoms with Crippen molar-refractivity contribution in [3.63, 3.8) is 0 Å². The van der Waals surface area contributed by atoms with Crippen molar-refractivity contribution < 1.29 is 14.8 Å². The zero-order valence-electron chi connectivity index (χ0n) is 15.4. The summed E-state index contributed by atoms with van der Waals surface area (Å²) in [5.41, 5.74) is 3.60. The number of hydroxylamine groups is 2. The number of imide groups is 1. The Bertz CT molecular complexity index is 1240. The number of para-hydroxylation sites is 2. The molecule has 5 rings (SSSR count). The second-order valence-electron chi connectivity index (χ2n) is 7.01. The third-order valence-corrected chi connectivity index (χ3v) is 5.40. The number of carbonyl (C=O) groups is 2. The van der Waals surface area contributed by atoms with E-state index in [0.29, 0.717) is 11.1 Å². The third kappa shape index (κ3) is 2.06. The zero-order chi connectivity index (χ0) is 19.6. The van der Waals surface area contributed by atoms with E-state index in [2.05, 4.69) is 0 Å². The van der Waals surface area contributed by atoms with Crippen LogP contribution in [-0.4, -0.2) is 31.2 Å². The predicted molar refractivity (Wildman–Crippen MR) is 106 cm³/mol. The van der Waals surface area contributed by atoms with E-state index in [1.807, 2.05) is 84.2 Å². The summed E-state index contributed by atoms with van der Waals surface area (Å²) in [6.45, 7) is 0. The van der Waals surface area contributed by atoms with E-state index in [-0.39, 0.29) is 16.2 Å². The maximum atomic E-state index is 12.9. The first-order valence-corrected chi connectivity index (χ1v) is 8.90.